The van der Waals surface area contributed by atoms with Gasteiger partial charge in [0.1, 0.15) is 24.9 Å². The zero-order valence-electron chi connectivity index (χ0n) is 13.6. The van der Waals surface area contributed by atoms with E-state index in [1.54, 1.807) is 0 Å². The summed E-state index contributed by atoms with van der Waals surface area (Å²) in [6, 6.07) is 0. The van der Waals surface area contributed by atoms with Crippen molar-refractivity contribution in [1.29, 1.82) is 0 Å². The first kappa shape index (κ1) is 19.8. The molecule has 1 amide bonds. The zero-order chi connectivity index (χ0) is 18.4. The van der Waals surface area contributed by atoms with E-state index in [1.807, 2.05) is 0 Å². The summed E-state index contributed by atoms with van der Waals surface area (Å²) in [6.07, 6.45) is -6.48. The minimum absolute atomic E-state index is 0.337. The lowest BCUT2D eigenvalue weighted by atomic mass is 9.92. The summed E-state index contributed by atoms with van der Waals surface area (Å²) in [5, 5.41) is 10.3. The summed E-state index contributed by atoms with van der Waals surface area (Å²) in [6.45, 7) is 3.05. The van der Waals surface area contributed by atoms with Gasteiger partial charge in [0.05, 0.1) is 6.42 Å². The van der Waals surface area contributed by atoms with Gasteiger partial charge in [-0.15, -0.1) is 0 Å². The van der Waals surface area contributed by atoms with Crippen LogP contribution >= 0.6 is 0 Å². The second-order valence-electron chi connectivity index (χ2n) is 5.32. The Morgan fingerprint density at radius 1 is 0.958 bits per heavy atom. The highest BCUT2D eigenvalue weighted by atomic mass is 16.6. The molecule has 136 valence electrons. The minimum Gasteiger partial charge on any atom is -0.463 e. The van der Waals surface area contributed by atoms with Crippen LogP contribution < -0.4 is 5.73 Å². The summed E-state index contributed by atoms with van der Waals surface area (Å²) < 4.78 is 20.3. The number of esters is 3. The van der Waals surface area contributed by atoms with Gasteiger partial charge in [-0.1, -0.05) is 0 Å². The Labute approximate surface area is 138 Å². The molecule has 0 aromatic rings. The fraction of sp³-hybridized carbons (Fsp3) is 0.714. The molecule has 10 heteroatoms. The molecule has 5 atom stereocenters. The van der Waals surface area contributed by atoms with Crippen LogP contribution in [0.1, 0.15) is 27.2 Å². The van der Waals surface area contributed by atoms with Crippen LogP contribution in [-0.4, -0.2) is 66.0 Å². The molecule has 10 nitrogen and oxygen atoms in total. The Balaban J connectivity index is 3.07. The molecule has 1 aliphatic heterocycles. The molecule has 0 aliphatic carbocycles. The van der Waals surface area contributed by atoms with Gasteiger partial charge in [0.2, 0.25) is 5.91 Å². The average molecular weight is 347 g/mol. The third kappa shape index (κ3) is 5.78. The molecular formula is C14H21NO9. The van der Waals surface area contributed by atoms with Crippen LogP contribution in [0.5, 0.6) is 0 Å². The van der Waals surface area contributed by atoms with Gasteiger partial charge >= 0.3 is 17.9 Å². The molecule has 3 N–H and O–H groups in total. The van der Waals surface area contributed by atoms with E-state index in [2.05, 4.69) is 0 Å². The van der Waals surface area contributed by atoms with Crippen molar-refractivity contribution in [2.75, 3.05) is 6.61 Å². The van der Waals surface area contributed by atoms with Crippen LogP contribution in [0.4, 0.5) is 0 Å². The molecule has 0 saturated carbocycles. The van der Waals surface area contributed by atoms with E-state index in [1.165, 1.54) is 6.92 Å². The fourth-order valence-corrected chi connectivity index (χ4v) is 2.36. The highest BCUT2D eigenvalue weighted by Gasteiger charge is 2.49. The first-order valence-corrected chi connectivity index (χ1v) is 7.21. The molecule has 1 rings (SSSR count). The topological polar surface area (TPSA) is 151 Å². The van der Waals surface area contributed by atoms with Crippen molar-refractivity contribution < 1.29 is 43.2 Å². The predicted octanol–water partition coefficient (Wildman–Crippen LogP) is -1.58. The average Bonchev–Trinajstić information content (AvgIpc) is 2.42. The number of hydrogen-bond acceptors (Lipinski definition) is 9. The number of aliphatic hydroxyl groups excluding tert-OH is 1. The summed E-state index contributed by atoms with van der Waals surface area (Å²) in [7, 11) is 0. The maximum absolute atomic E-state index is 11.3. The van der Waals surface area contributed by atoms with Crippen LogP contribution in [0.3, 0.4) is 0 Å². The maximum atomic E-state index is 11.3. The van der Waals surface area contributed by atoms with E-state index in [0.29, 0.717) is 0 Å². The van der Waals surface area contributed by atoms with Crippen molar-refractivity contribution in [2.24, 2.45) is 5.73 Å². The molecule has 0 aromatic heterocycles. The number of amides is 1. The smallest absolute Gasteiger partial charge is 0.303 e. The molecule has 0 aromatic carbocycles. The number of nitrogens with two attached hydrogens (primary N) is 1. The van der Waals surface area contributed by atoms with E-state index in [9.17, 15) is 24.3 Å². The Hall–Kier alpha value is -2.20. The molecule has 0 unspecified atom stereocenters. The molecule has 0 spiro atoms. The number of primary amides is 1. The first-order chi connectivity index (χ1) is 11.1. The summed E-state index contributed by atoms with van der Waals surface area (Å²) in [5.74, 6) is -2.81. The minimum atomic E-state index is -1.44. The van der Waals surface area contributed by atoms with Crippen molar-refractivity contribution in [1.82, 2.24) is 0 Å². The lowest BCUT2D eigenvalue weighted by Gasteiger charge is -2.43. The highest BCUT2D eigenvalue weighted by molar-refractivity contribution is 5.74. The number of aliphatic hydroxyl groups is 1. The number of rotatable bonds is 6. The van der Waals surface area contributed by atoms with Gasteiger partial charge in [0, 0.05) is 20.8 Å². The van der Waals surface area contributed by atoms with Crippen molar-refractivity contribution in [2.45, 2.75) is 57.7 Å². The number of hydrogen-bond donors (Lipinski definition) is 2. The van der Waals surface area contributed by atoms with Gasteiger partial charge in [-0.2, -0.15) is 0 Å². The lowest BCUT2D eigenvalue weighted by Crippen LogP contribution is -2.61. The third-order valence-electron chi connectivity index (χ3n) is 3.21. The molecule has 0 radical (unpaired) electrons. The van der Waals surface area contributed by atoms with Crippen molar-refractivity contribution in [3.05, 3.63) is 0 Å². The summed E-state index contributed by atoms with van der Waals surface area (Å²) >= 11 is 0. The van der Waals surface area contributed by atoms with Crippen LogP contribution in [0.25, 0.3) is 0 Å². The molecule has 1 heterocycles. The molecule has 0 bridgehead atoms. The van der Waals surface area contributed by atoms with Gasteiger partial charge < -0.3 is 29.8 Å². The zero-order valence-corrected chi connectivity index (χ0v) is 13.6. The number of carbonyl (C=O) groups excluding carboxylic acids is 4. The van der Waals surface area contributed by atoms with Gasteiger partial charge in [-0.05, 0) is 0 Å². The molecular weight excluding hydrogens is 326 g/mol. The van der Waals surface area contributed by atoms with Crippen LogP contribution in [-0.2, 0) is 38.1 Å². The second kappa shape index (κ2) is 8.60. The van der Waals surface area contributed by atoms with Gasteiger partial charge in [0.15, 0.2) is 12.2 Å². The maximum Gasteiger partial charge on any atom is 0.303 e. The van der Waals surface area contributed by atoms with Gasteiger partial charge in [-0.3, -0.25) is 19.2 Å². The largest absolute Gasteiger partial charge is 0.463 e. The van der Waals surface area contributed by atoms with E-state index >= 15 is 0 Å². The SMILES string of the molecule is CC(=O)OC[C@H]1O[C@H](CC(N)=O)[C@@H](OC(C)=O)[C@@H](OC(C)=O)[C@@H]1O. The van der Waals surface area contributed by atoms with Crippen LogP contribution in [0.2, 0.25) is 0 Å². The molecule has 1 saturated heterocycles. The molecule has 1 fully saturated rings. The van der Waals surface area contributed by atoms with Crippen LogP contribution in [0.15, 0.2) is 0 Å². The van der Waals surface area contributed by atoms with E-state index in [4.69, 9.17) is 24.7 Å². The lowest BCUT2D eigenvalue weighted by molar-refractivity contribution is -0.247. The Bertz CT molecular complexity index is 506. The number of carbonyl (C=O) groups is 4. The molecule has 1 aliphatic rings. The van der Waals surface area contributed by atoms with E-state index < -0.39 is 54.3 Å². The predicted molar refractivity (Wildman–Crippen MR) is 76.2 cm³/mol. The van der Waals surface area contributed by atoms with Crippen LogP contribution in [0, 0.1) is 0 Å². The Kier molecular flexibility index (Phi) is 7.11. The second-order valence-corrected chi connectivity index (χ2v) is 5.32. The third-order valence-corrected chi connectivity index (χ3v) is 3.21. The van der Waals surface area contributed by atoms with E-state index in [0.717, 1.165) is 13.8 Å². The summed E-state index contributed by atoms with van der Waals surface area (Å²) in [4.78, 5) is 44.8. The van der Waals surface area contributed by atoms with Crippen molar-refractivity contribution in [3.8, 4) is 0 Å². The Morgan fingerprint density at radius 3 is 1.96 bits per heavy atom. The monoisotopic (exact) mass is 347 g/mol. The van der Waals surface area contributed by atoms with Crippen molar-refractivity contribution in [3.63, 3.8) is 0 Å². The first-order valence-electron chi connectivity index (χ1n) is 7.21. The quantitative estimate of drug-likeness (QED) is 0.428. The fourth-order valence-electron chi connectivity index (χ4n) is 2.36. The number of ether oxygens (including phenoxy) is 4. The molecule has 24 heavy (non-hydrogen) atoms. The summed E-state index contributed by atoms with van der Waals surface area (Å²) in [5.41, 5.74) is 5.15. The van der Waals surface area contributed by atoms with Gasteiger partial charge in [-0.25, -0.2) is 0 Å². The highest BCUT2D eigenvalue weighted by Crippen LogP contribution is 2.28. The Morgan fingerprint density at radius 2 is 1.50 bits per heavy atom. The normalized spacial score (nSPS) is 29.4. The van der Waals surface area contributed by atoms with Crippen molar-refractivity contribution >= 4 is 23.8 Å². The standard InChI is InChI=1S/C14H21NO9/c1-6(16)21-5-10-12(20)14(23-8(3)18)13(22-7(2)17)9(24-10)4-11(15)19/h9-10,12-14,20H,4-5H2,1-3H3,(H2,15,19)/t9-,10-,12-,13-,14+/m1/s1. The van der Waals surface area contributed by atoms with Gasteiger partial charge in [0.25, 0.3) is 0 Å². The van der Waals surface area contributed by atoms with E-state index in [-0.39, 0.29) is 13.0 Å².